The van der Waals surface area contributed by atoms with Crippen molar-refractivity contribution in [2.24, 2.45) is 0 Å². The third-order valence-electron chi connectivity index (χ3n) is 4.88. The van der Waals surface area contributed by atoms with E-state index >= 15 is 0 Å². The first kappa shape index (κ1) is 16.7. The fraction of sp³-hybridized carbons (Fsp3) is 0.381. The number of ether oxygens (including phenoxy) is 1. The molecule has 0 unspecified atom stereocenters. The molecule has 1 fully saturated rings. The predicted octanol–water partition coefficient (Wildman–Crippen LogP) is 3.76. The van der Waals surface area contributed by atoms with Crippen LogP contribution in [0.1, 0.15) is 36.5 Å². The largest absolute Gasteiger partial charge is 0.454 e. The maximum absolute atomic E-state index is 11.8. The van der Waals surface area contributed by atoms with Crippen LogP contribution in [0.3, 0.4) is 0 Å². The monoisotopic (exact) mass is 323 g/mol. The summed E-state index contributed by atoms with van der Waals surface area (Å²) in [7, 11) is 2.12. The molecule has 1 aliphatic heterocycles. The molecule has 0 aromatic heterocycles. The van der Waals surface area contributed by atoms with Crippen molar-refractivity contribution < 1.29 is 9.53 Å². The number of benzene rings is 2. The summed E-state index contributed by atoms with van der Waals surface area (Å²) in [6, 6.07) is 18.9. The minimum Gasteiger partial charge on any atom is -0.454 e. The number of hydrogen-bond donors (Lipinski definition) is 0. The molecular weight excluding hydrogens is 298 g/mol. The van der Waals surface area contributed by atoms with Gasteiger partial charge >= 0.3 is 5.97 Å². The highest BCUT2D eigenvalue weighted by Gasteiger charge is 2.39. The average molecular weight is 323 g/mol. The van der Waals surface area contributed by atoms with Gasteiger partial charge in [-0.15, -0.1) is 0 Å². The highest BCUT2D eigenvalue weighted by atomic mass is 16.6. The molecular formula is C21H25NO2. The smallest absolute Gasteiger partial charge is 0.303 e. The summed E-state index contributed by atoms with van der Waals surface area (Å²) >= 11 is 0. The summed E-state index contributed by atoms with van der Waals surface area (Å²) in [6.07, 6.45) is 2.54. The Morgan fingerprint density at radius 3 is 2.33 bits per heavy atom. The maximum atomic E-state index is 11.8. The number of nitrogens with zero attached hydrogens (tertiary/aromatic N) is 1. The summed E-state index contributed by atoms with van der Waals surface area (Å²) in [5.74, 6) is -0.200. The summed E-state index contributed by atoms with van der Waals surface area (Å²) in [5, 5.41) is 0. The zero-order valence-electron chi connectivity index (χ0n) is 14.5. The number of likely N-dealkylation sites (tertiary alicyclic amines) is 1. The van der Waals surface area contributed by atoms with E-state index in [-0.39, 0.29) is 5.97 Å². The van der Waals surface area contributed by atoms with Gasteiger partial charge in [-0.25, -0.2) is 0 Å². The molecule has 0 aliphatic carbocycles. The molecule has 0 atom stereocenters. The zero-order chi connectivity index (χ0) is 17.0. The highest BCUT2D eigenvalue weighted by Crippen LogP contribution is 2.39. The Morgan fingerprint density at radius 2 is 1.67 bits per heavy atom. The molecule has 2 aromatic carbocycles. The normalized spacial score (nSPS) is 17.4. The second kappa shape index (κ2) is 7.18. The standard InChI is InChI=1S/C21H25NO2/c1-17(23)24-21(12-14-22(2)15-13-21)20-11-7-6-10-19(20)16-18-8-4-3-5-9-18/h3-11H,12-16H2,1-2H3. The van der Waals surface area contributed by atoms with Crippen molar-refractivity contribution in [2.75, 3.05) is 20.1 Å². The molecule has 0 spiro atoms. The number of piperidine rings is 1. The van der Waals surface area contributed by atoms with Gasteiger partial charge in [-0.3, -0.25) is 4.79 Å². The van der Waals surface area contributed by atoms with E-state index in [1.54, 1.807) is 0 Å². The minimum absolute atomic E-state index is 0.200. The summed E-state index contributed by atoms with van der Waals surface area (Å²) in [4.78, 5) is 14.1. The topological polar surface area (TPSA) is 29.5 Å². The van der Waals surface area contributed by atoms with Crippen molar-refractivity contribution in [3.8, 4) is 0 Å². The molecule has 0 radical (unpaired) electrons. The van der Waals surface area contributed by atoms with Gasteiger partial charge in [0.2, 0.25) is 0 Å². The van der Waals surface area contributed by atoms with Crippen LogP contribution in [0.4, 0.5) is 0 Å². The summed E-state index contributed by atoms with van der Waals surface area (Å²) in [5.41, 5.74) is 3.19. The molecule has 1 heterocycles. The Balaban J connectivity index is 1.97. The number of carbonyl (C=O) groups is 1. The first-order valence-corrected chi connectivity index (χ1v) is 8.59. The van der Waals surface area contributed by atoms with E-state index < -0.39 is 5.60 Å². The van der Waals surface area contributed by atoms with Gasteiger partial charge in [-0.2, -0.15) is 0 Å². The van der Waals surface area contributed by atoms with Crippen LogP contribution in [-0.4, -0.2) is 31.0 Å². The van der Waals surface area contributed by atoms with E-state index in [0.717, 1.165) is 37.9 Å². The van der Waals surface area contributed by atoms with Gasteiger partial charge in [0.05, 0.1) is 0 Å². The minimum atomic E-state index is -0.496. The fourth-order valence-electron chi connectivity index (χ4n) is 3.62. The summed E-state index contributed by atoms with van der Waals surface area (Å²) < 4.78 is 5.93. The van der Waals surface area contributed by atoms with Gasteiger partial charge in [0.25, 0.3) is 0 Å². The molecule has 3 heteroatoms. The molecule has 2 aromatic rings. The second-order valence-electron chi connectivity index (χ2n) is 6.71. The molecule has 0 amide bonds. The lowest BCUT2D eigenvalue weighted by Crippen LogP contribution is -2.44. The van der Waals surface area contributed by atoms with Crippen LogP contribution < -0.4 is 0 Å². The lowest BCUT2D eigenvalue weighted by atomic mass is 9.80. The third kappa shape index (κ3) is 3.68. The van der Waals surface area contributed by atoms with Gasteiger partial charge < -0.3 is 9.64 Å². The number of hydrogen-bond acceptors (Lipinski definition) is 3. The van der Waals surface area contributed by atoms with Gasteiger partial charge in [-0.1, -0.05) is 54.6 Å². The molecule has 126 valence electrons. The molecule has 0 N–H and O–H groups in total. The van der Waals surface area contributed by atoms with E-state index in [1.807, 2.05) is 12.1 Å². The van der Waals surface area contributed by atoms with Crippen molar-refractivity contribution in [1.29, 1.82) is 0 Å². The van der Waals surface area contributed by atoms with Gasteiger partial charge in [0.15, 0.2) is 0 Å². The Hall–Kier alpha value is -2.13. The molecule has 3 nitrogen and oxygen atoms in total. The fourth-order valence-corrected chi connectivity index (χ4v) is 3.62. The van der Waals surface area contributed by atoms with Crippen molar-refractivity contribution in [3.63, 3.8) is 0 Å². The quantitative estimate of drug-likeness (QED) is 0.802. The van der Waals surface area contributed by atoms with Crippen LogP contribution in [0.2, 0.25) is 0 Å². The lowest BCUT2D eigenvalue weighted by Gasteiger charge is -2.41. The van der Waals surface area contributed by atoms with Crippen LogP contribution in [0.15, 0.2) is 54.6 Å². The zero-order valence-corrected chi connectivity index (χ0v) is 14.5. The second-order valence-corrected chi connectivity index (χ2v) is 6.71. The Kier molecular flexibility index (Phi) is 5.00. The van der Waals surface area contributed by atoms with Crippen LogP contribution in [0.5, 0.6) is 0 Å². The van der Waals surface area contributed by atoms with Crippen molar-refractivity contribution in [2.45, 2.75) is 31.8 Å². The Labute approximate surface area is 144 Å². The Morgan fingerprint density at radius 1 is 1.04 bits per heavy atom. The maximum Gasteiger partial charge on any atom is 0.303 e. The third-order valence-corrected chi connectivity index (χ3v) is 4.88. The highest BCUT2D eigenvalue weighted by molar-refractivity contribution is 5.67. The predicted molar refractivity (Wildman–Crippen MR) is 95.9 cm³/mol. The van der Waals surface area contributed by atoms with Gasteiger partial charge in [0, 0.05) is 32.9 Å². The SMILES string of the molecule is CC(=O)OC1(c2ccccc2Cc2ccccc2)CCN(C)CC1. The van der Waals surface area contributed by atoms with Gasteiger partial charge in [-0.05, 0) is 30.2 Å². The summed E-state index contributed by atoms with van der Waals surface area (Å²) in [6.45, 7) is 3.39. The molecule has 0 saturated carbocycles. The number of carbonyl (C=O) groups excluding carboxylic acids is 1. The van der Waals surface area contributed by atoms with E-state index in [0.29, 0.717) is 0 Å². The van der Waals surface area contributed by atoms with Crippen molar-refractivity contribution in [1.82, 2.24) is 4.90 Å². The van der Waals surface area contributed by atoms with Crippen molar-refractivity contribution in [3.05, 3.63) is 71.3 Å². The average Bonchev–Trinajstić information content (AvgIpc) is 2.58. The first-order valence-electron chi connectivity index (χ1n) is 8.59. The van der Waals surface area contributed by atoms with Crippen LogP contribution in [0, 0.1) is 0 Å². The van der Waals surface area contributed by atoms with Crippen LogP contribution in [-0.2, 0) is 21.6 Å². The molecule has 1 saturated heterocycles. The van der Waals surface area contributed by atoms with Crippen molar-refractivity contribution >= 4 is 5.97 Å². The first-order chi connectivity index (χ1) is 11.6. The molecule has 1 aliphatic rings. The van der Waals surface area contributed by atoms with E-state index in [2.05, 4.69) is 54.4 Å². The number of rotatable bonds is 4. The van der Waals surface area contributed by atoms with Crippen LogP contribution in [0.25, 0.3) is 0 Å². The van der Waals surface area contributed by atoms with E-state index in [1.165, 1.54) is 18.1 Å². The molecule has 3 rings (SSSR count). The van der Waals surface area contributed by atoms with Gasteiger partial charge in [0.1, 0.15) is 5.60 Å². The van der Waals surface area contributed by atoms with E-state index in [4.69, 9.17) is 4.74 Å². The lowest BCUT2D eigenvalue weighted by molar-refractivity contribution is -0.163. The Bertz CT molecular complexity index is 688. The molecule has 0 bridgehead atoms. The van der Waals surface area contributed by atoms with E-state index in [9.17, 15) is 4.79 Å². The number of esters is 1. The molecule has 24 heavy (non-hydrogen) atoms. The van der Waals surface area contributed by atoms with Crippen LogP contribution >= 0.6 is 0 Å².